The summed E-state index contributed by atoms with van der Waals surface area (Å²) in [5.41, 5.74) is 5.23. The van der Waals surface area contributed by atoms with Crippen LogP contribution < -0.4 is 10.1 Å². The zero-order chi connectivity index (χ0) is 23.1. The van der Waals surface area contributed by atoms with Crippen LogP contribution in [0.1, 0.15) is 59.7 Å². The van der Waals surface area contributed by atoms with Gasteiger partial charge in [-0.1, -0.05) is 19.9 Å². The van der Waals surface area contributed by atoms with E-state index >= 15 is 0 Å². The van der Waals surface area contributed by atoms with Crippen LogP contribution in [0.5, 0.6) is 5.75 Å². The van der Waals surface area contributed by atoms with Crippen molar-refractivity contribution in [2.75, 3.05) is 38.6 Å². The molecule has 1 amide bonds. The van der Waals surface area contributed by atoms with Crippen molar-refractivity contribution in [2.45, 2.75) is 51.6 Å². The molecule has 0 bridgehead atoms. The molecule has 0 saturated heterocycles. The third kappa shape index (κ3) is 4.33. The minimum atomic E-state index is -0.158. The maximum atomic E-state index is 13.8. The smallest absolute Gasteiger partial charge is 0.254 e. The van der Waals surface area contributed by atoms with Gasteiger partial charge in [0.05, 0.1) is 5.56 Å². The first-order valence-corrected chi connectivity index (χ1v) is 12.2. The Morgan fingerprint density at radius 1 is 1.27 bits per heavy atom. The zero-order valence-electron chi connectivity index (χ0n) is 19.9. The number of nitrogens with one attached hydrogen (secondary N) is 1. The van der Waals surface area contributed by atoms with Gasteiger partial charge in [-0.25, -0.2) is 4.39 Å². The minimum absolute atomic E-state index is 0.112. The van der Waals surface area contributed by atoms with Gasteiger partial charge in [0.25, 0.3) is 5.91 Å². The molecule has 33 heavy (non-hydrogen) atoms. The van der Waals surface area contributed by atoms with Crippen LogP contribution in [0.3, 0.4) is 0 Å². The quantitative estimate of drug-likeness (QED) is 0.665. The maximum Gasteiger partial charge on any atom is 0.254 e. The Kier molecular flexibility index (Phi) is 6.04. The lowest BCUT2D eigenvalue weighted by Crippen LogP contribution is -2.45. The number of benzene rings is 2. The summed E-state index contributed by atoms with van der Waals surface area (Å²) >= 11 is 0. The highest BCUT2D eigenvalue weighted by atomic mass is 19.1. The van der Waals surface area contributed by atoms with Crippen LogP contribution in [0.15, 0.2) is 30.3 Å². The molecule has 0 aliphatic carbocycles. The van der Waals surface area contributed by atoms with Crippen LogP contribution in [0.25, 0.3) is 0 Å². The molecule has 5 nitrogen and oxygen atoms in total. The van der Waals surface area contributed by atoms with Crippen molar-refractivity contribution in [1.29, 1.82) is 0 Å². The van der Waals surface area contributed by atoms with Crippen LogP contribution in [0.2, 0.25) is 0 Å². The molecule has 5 rings (SSSR count). The first kappa shape index (κ1) is 22.2. The van der Waals surface area contributed by atoms with E-state index in [2.05, 4.69) is 24.1 Å². The van der Waals surface area contributed by atoms with Crippen molar-refractivity contribution in [3.63, 3.8) is 0 Å². The molecule has 2 aromatic carbocycles. The number of amides is 1. The van der Waals surface area contributed by atoms with Crippen molar-refractivity contribution in [2.24, 2.45) is 5.92 Å². The van der Waals surface area contributed by atoms with Crippen LogP contribution in [-0.4, -0.2) is 55.0 Å². The topological polar surface area (TPSA) is 44.8 Å². The molecule has 6 heteroatoms. The number of hydrogen-bond donors (Lipinski definition) is 1. The number of carbonyl (C=O) groups is 1. The Balaban J connectivity index is 1.28. The van der Waals surface area contributed by atoms with Crippen LogP contribution in [-0.2, 0) is 13.0 Å². The summed E-state index contributed by atoms with van der Waals surface area (Å²) in [6.07, 6.45) is 2.93. The highest BCUT2D eigenvalue weighted by Crippen LogP contribution is 2.37. The summed E-state index contributed by atoms with van der Waals surface area (Å²) < 4.78 is 19.9. The molecule has 2 unspecified atom stereocenters. The minimum Gasteiger partial charge on any atom is -0.492 e. The number of hydrogen-bond acceptors (Lipinski definition) is 4. The molecule has 0 saturated carbocycles. The first-order valence-electron chi connectivity index (χ1n) is 12.2. The predicted molar refractivity (Wildman–Crippen MR) is 129 cm³/mol. The number of carbonyl (C=O) groups excluding carboxylic acids is 1. The van der Waals surface area contributed by atoms with E-state index in [1.165, 1.54) is 6.07 Å². The lowest BCUT2D eigenvalue weighted by Gasteiger charge is -2.37. The Labute approximate surface area is 195 Å². The molecule has 0 radical (unpaired) electrons. The number of nitrogens with zero attached hydrogens (tertiary/aromatic N) is 2. The zero-order valence-corrected chi connectivity index (χ0v) is 19.9. The number of halogens is 1. The van der Waals surface area contributed by atoms with Crippen molar-refractivity contribution < 1.29 is 13.9 Å². The molecule has 176 valence electrons. The van der Waals surface area contributed by atoms with E-state index in [1.807, 2.05) is 25.2 Å². The van der Waals surface area contributed by atoms with Gasteiger partial charge in [-0.15, -0.1) is 0 Å². The lowest BCUT2D eigenvalue weighted by atomic mass is 9.92. The molecule has 3 aliphatic heterocycles. The van der Waals surface area contributed by atoms with Gasteiger partial charge in [-0.05, 0) is 67.1 Å². The highest BCUT2D eigenvalue weighted by Gasteiger charge is 2.34. The van der Waals surface area contributed by atoms with Crippen molar-refractivity contribution >= 4 is 11.6 Å². The van der Waals surface area contributed by atoms with E-state index in [0.29, 0.717) is 25.0 Å². The van der Waals surface area contributed by atoms with Crippen molar-refractivity contribution in [1.82, 2.24) is 9.80 Å². The van der Waals surface area contributed by atoms with Crippen molar-refractivity contribution in [3.8, 4) is 5.75 Å². The number of fused-ring (bicyclic) bond motifs is 4. The third-order valence-electron chi connectivity index (χ3n) is 7.30. The molecular formula is C27H34FN3O2. The second-order valence-corrected chi connectivity index (χ2v) is 10.2. The molecule has 0 fully saturated rings. The van der Waals surface area contributed by atoms with Gasteiger partial charge in [0.1, 0.15) is 18.2 Å². The molecular weight excluding hydrogens is 417 g/mol. The molecule has 3 aliphatic rings. The average Bonchev–Trinajstić information content (AvgIpc) is 3.32. The fourth-order valence-corrected chi connectivity index (χ4v) is 5.71. The number of ether oxygens (including phenoxy) is 1. The van der Waals surface area contributed by atoms with Gasteiger partial charge in [0.2, 0.25) is 0 Å². The number of anilines is 1. The average molecular weight is 452 g/mol. The Hall–Kier alpha value is -2.60. The summed E-state index contributed by atoms with van der Waals surface area (Å²) in [6, 6.07) is 9.40. The summed E-state index contributed by atoms with van der Waals surface area (Å²) in [6.45, 7) is 8.69. The van der Waals surface area contributed by atoms with Crippen LogP contribution in [0, 0.1) is 11.7 Å². The van der Waals surface area contributed by atoms with Crippen LogP contribution in [0.4, 0.5) is 10.1 Å². The standard InChI is InChI=1S/C27H34FN3O2/c1-17(2)14-31(10-4-5-18-13-29-24-8-7-20(28)11-22(18)24)21-12-23-25(33-16-21)9-6-19-15-30(3)27(32)26(19)23/h6-9,11,17-18,21,29H,4-5,10,12-16H2,1-3H3. The number of rotatable bonds is 7. The van der Waals surface area contributed by atoms with Gasteiger partial charge < -0.3 is 15.0 Å². The van der Waals surface area contributed by atoms with E-state index in [-0.39, 0.29) is 17.8 Å². The molecule has 3 heterocycles. The SMILES string of the molecule is CC(C)CN(CCCC1CNc2ccc(F)cc21)C1COc2ccc3c(c2C1)C(=O)N(C)C3. The Bertz CT molecular complexity index is 1050. The monoisotopic (exact) mass is 451 g/mol. The van der Waals surface area contributed by atoms with E-state index in [1.54, 1.807) is 11.0 Å². The maximum absolute atomic E-state index is 13.8. The molecule has 0 spiro atoms. The lowest BCUT2D eigenvalue weighted by molar-refractivity contribution is 0.0808. The van der Waals surface area contributed by atoms with Gasteiger partial charge in [-0.2, -0.15) is 0 Å². The molecule has 2 atom stereocenters. The summed E-state index contributed by atoms with van der Waals surface area (Å²) in [5, 5.41) is 3.42. The Morgan fingerprint density at radius 2 is 2.12 bits per heavy atom. The summed E-state index contributed by atoms with van der Waals surface area (Å²) in [4.78, 5) is 17.1. The van der Waals surface area contributed by atoms with Gasteiger partial charge in [0, 0.05) is 49.9 Å². The summed E-state index contributed by atoms with van der Waals surface area (Å²) in [5.74, 6) is 1.73. The van der Waals surface area contributed by atoms with E-state index in [4.69, 9.17) is 4.74 Å². The predicted octanol–water partition coefficient (Wildman–Crippen LogP) is 4.66. The first-order chi connectivity index (χ1) is 15.9. The molecule has 2 aromatic rings. The van der Waals surface area contributed by atoms with E-state index < -0.39 is 0 Å². The van der Waals surface area contributed by atoms with E-state index in [9.17, 15) is 9.18 Å². The highest BCUT2D eigenvalue weighted by molar-refractivity contribution is 6.00. The molecule has 1 N–H and O–H groups in total. The largest absolute Gasteiger partial charge is 0.492 e. The van der Waals surface area contributed by atoms with Gasteiger partial charge >= 0.3 is 0 Å². The third-order valence-corrected chi connectivity index (χ3v) is 7.30. The second-order valence-electron chi connectivity index (χ2n) is 10.2. The Morgan fingerprint density at radius 3 is 2.94 bits per heavy atom. The van der Waals surface area contributed by atoms with E-state index in [0.717, 1.165) is 72.6 Å². The normalized spacial score (nSPS) is 21.2. The fraction of sp³-hybridized carbons (Fsp3) is 0.519. The van der Waals surface area contributed by atoms with Crippen LogP contribution >= 0.6 is 0 Å². The van der Waals surface area contributed by atoms with Gasteiger partial charge in [-0.3, -0.25) is 9.69 Å². The van der Waals surface area contributed by atoms with Crippen molar-refractivity contribution in [3.05, 3.63) is 58.4 Å². The second kappa shape index (κ2) is 8.98. The van der Waals surface area contributed by atoms with Gasteiger partial charge in [0.15, 0.2) is 0 Å². The fourth-order valence-electron chi connectivity index (χ4n) is 5.71. The molecule has 0 aromatic heterocycles. The summed E-state index contributed by atoms with van der Waals surface area (Å²) in [7, 11) is 1.86.